The third kappa shape index (κ3) is 3.61. The lowest BCUT2D eigenvalue weighted by Crippen LogP contribution is -2.52. The van der Waals surface area contributed by atoms with Crippen LogP contribution >= 0.6 is 34.8 Å². The second-order valence-electron chi connectivity index (χ2n) is 5.75. The van der Waals surface area contributed by atoms with Crippen LogP contribution in [0.2, 0.25) is 15.1 Å². The first-order valence-corrected chi connectivity index (χ1v) is 8.94. The standard InChI is InChI=1S/C18H19Cl3N2/c1-2-16-18(12-3-5-13(19)6-4-12)23(10-9-22-16)17-8-7-14(20)11-15(17)21/h3-8,11,16,18,22H,2,9-10H2,1H3/t16-,18+/m1/s1. The van der Waals surface area contributed by atoms with E-state index in [1.807, 2.05) is 24.3 Å². The van der Waals surface area contributed by atoms with Gasteiger partial charge in [-0.15, -0.1) is 0 Å². The average Bonchev–Trinajstić information content (AvgIpc) is 2.55. The van der Waals surface area contributed by atoms with E-state index in [0.717, 1.165) is 30.2 Å². The molecular formula is C18H19Cl3N2. The normalized spacial score (nSPS) is 21.5. The minimum absolute atomic E-state index is 0.213. The summed E-state index contributed by atoms with van der Waals surface area (Å²) in [7, 11) is 0. The molecule has 1 heterocycles. The molecule has 0 saturated carbocycles. The fourth-order valence-corrected chi connectivity index (χ4v) is 3.91. The molecule has 0 aromatic heterocycles. The quantitative estimate of drug-likeness (QED) is 0.760. The highest BCUT2D eigenvalue weighted by molar-refractivity contribution is 6.36. The van der Waals surface area contributed by atoms with Gasteiger partial charge < -0.3 is 10.2 Å². The zero-order valence-electron chi connectivity index (χ0n) is 12.9. The van der Waals surface area contributed by atoms with E-state index in [-0.39, 0.29) is 6.04 Å². The number of rotatable bonds is 3. The maximum absolute atomic E-state index is 6.46. The molecule has 0 amide bonds. The molecule has 0 radical (unpaired) electrons. The zero-order valence-corrected chi connectivity index (χ0v) is 15.2. The van der Waals surface area contributed by atoms with Crippen molar-refractivity contribution >= 4 is 40.5 Å². The topological polar surface area (TPSA) is 15.3 Å². The SMILES string of the molecule is CC[C@H]1NCCN(c2ccc(Cl)cc2Cl)[C@H]1c1ccc(Cl)cc1. The lowest BCUT2D eigenvalue weighted by molar-refractivity contribution is 0.362. The van der Waals surface area contributed by atoms with E-state index in [9.17, 15) is 0 Å². The summed E-state index contributed by atoms with van der Waals surface area (Å²) in [5.41, 5.74) is 2.26. The molecule has 0 aliphatic carbocycles. The van der Waals surface area contributed by atoms with Crippen molar-refractivity contribution in [3.63, 3.8) is 0 Å². The molecule has 1 aliphatic rings. The second-order valence-corrected chi connectivity index (χ2v) is 7.03. The highest BCUT2D eigenvalue weighted by atomic mass is 35.5. The van der Waals surface area contributed by atoms with Crippen molar-refractivity contribution in [1.29, 1.82) is 0 Å². The van der Waals surface area contributed by atoms with Crippen molar-refractivity contribution in [3.05, 3.63) is 63.1 Å². The largest absolute Gasteiger partial charge is 0.360 e. The summed E-state index contributed by atoms with van der Waals surface area (Å²) in [4.78, 5) is 2.37. The average molecular weight is 370 g/mol. The van der Waals surface area contributed by atoms with Gasteiger partial charge in [-0.1, -0.05) is 53.9 Å². The van der Waals surface area contributed by atoms with Crippen LogP contribution in [0.15, 0.2) is 42.5 Å². The highest BCUT2D eigenvalue weighted by Gasteiger charge is 2.32. The van der Waals surface area contributed by atoms with Gasteiger partial charge in [-0.2, -0.15) is 0 Å². The van der Waals surface area contributed by atoms with Gasteiger partial charge >= 0.3 is 0 Å². The molecule has 2 aromatic carbocycles. The number of anilines is 1. The number of halogens is 3. The van der Waals surface area contributed by atoms with Crippen LogP contribution in [0.5, 0.6) is 0 Å². The van der Waals surface area contributed by atoms with Crippen LogP contribution in [0.25, 0.3) is 0 Å². The van der Waals surface area contributed by atoms with Gasteiger partial charge in [0.25, 0.3) is 0 Å². The molecule has 1 aliphatic heterocycles. The number of nitrogens with zero attached hydrogens (tertiary/aromatic N) is 1. The molecule has 0 spiro atoms. The van der Waals surface area contributed by atoms with Crippen molar-refractivity contribution in [2.24, 2.45) is 0 Å². The Morgan fingerprint density at radius 3 is 2.39 bits per heavy atom. The first-order valence-electron chi connectivity index (χ1n) is 7.80. The van der Waals surface area contributed by atoms with E-state index in [1.54, 1.807) is 6.07 Å². The van der Waals surface area contributed by atoms with E-state index in [0.29, 0.717) is 16.1 Å². The summed E-state index contributed by atoms with van der Waals surface area (Å²) >= 11 is 18.6. The molecule has 0 unspecified atom stereocenters. The van der Waals surface area contributed by atoms with Gasteiger partial charge in [0.1, 0.15) is 0 Å². The van der Waals surface area contributed by atoms with Crippen molar-refractivity contribution in [3.8, 4) is 0 Å². The van der Waals surface area contributed by atoms with Crippen LogP contribution < -0.4 is 10.2 Å². The summed E-state index contributed by atoms with van der Waals surface area (Å²) in [6.07, 6.45) is 1.04. The predicted octanol–water partition coefficient (Wildman–Crippen LogP) is 5.58. The second kappa shape index (κ2) is 7.31. The Morgan fingerprint density at radius 1 is 1.04 bits per heavy atom. The maximum Gasteiger partial charge on any atom is 0.0696 e. The van der Waals surface area contributed by atoms with Crippen LogP contribution in [-0.2, 0) is 0 Å². The molecule has 23 heavy (non-hydrogen) atoms. The van der Waals surface area contributed by atoms with Crippen molar-refractivity contribution in [1.82, 2.24) is 5.32 Å². The summed E-state index contributed by atoms with van der Waals surface area (Å²) in [6, 6.07) is 14.4. The Bertz CT molecular complexity index is 672. The fourth-order valence-electron chi connectivity index (χ4n) is 3.26. The van der Waals surface area contributed by atoms with Gasteiger partial charge in [-0.05, 0) is 42.3 Å². The lowest BCUT2D eigenvalue weighted by Gasteiger charge is -2.44. The molecule has 1 fully saturated rings. The Labute approximate surface area is 152 Å². The van der Waals surface area contributed by atoms with Crippen molar-refractivity contribution < 1.29 is 0 Å². The van der Waals surface area contributed by atoms with Gasteiger partial charge in [-0.3, -0.25) is 0 Å². The predicted molar refractivity (Wildman–Crippen MR) is 100 cm³/mol. The fraction of sp³-hybridized carbons (Fsp3) is 0.333. The molecular weight excluding hydrogens is 351 g/mol. The van der Waals surface area contributed by atoms with Gasteiger partial charge in [0, 0.05) is 29.2 Å². The number of nitrogens with one attached hydrogen (secondary N) is 1. The zero-order chi connectivity index (χ0) is 16.4. The number of benzene rings is 2. The molecule has 2 aromatic rings. The third-order valence-corrected chi connectivity index (χ3v) is 5.14. The number of hydrogen-bond donors (Lipinski definition) is 1. The maximum atomic E-state index is 6.46. The van der Waals surface area contributed by atoms with Crippen LogP contribution in [0.1, 0.15) is 24.9 Å². The Hall–Kier alpha value is -0.930. The van der Waals surface area contributed by atoms with Crippen molar-refractivity contribution in [2.45, 2.75) is 25.4 Å². The van der Waals surface area contributed by atoms with Crippen molar-refractivity contribution in [2.75, 3.05) is 18.0 Å². The molecule has 2 atom stereocenters. The monoisotopic (exact) mass is 368 g/mol. The molecule has 122 valence electrons. The van der Waals surface area contributed by atoms with Crippen LogP contribution in [0.3, 0.4) is 0 Å². The molecule has 0 bridgehead atoms. The highest BCUT2D eigenvalue weighted by Crippen LogP contribution is 2.38. The molecule has 1 N–H and O–H groups in total. The van der Waals surface area contributed by atoms with E-state index in [2.05, 4.69) is 29.3 Å². The molecule has 1 saturated heterocycles. The summed E-state index contributed by atoms with van der Waals surface area (Å²) in [5.74, 6) is 0. The number of hydrogen-bond acceptors (Lipinski definition) is 2. The first-order chi connectivity index (χ1) is 11.1. The number of piperazine rings is 1. The van der Waals surface area contributed by atoms with E-state index < -0.39 is 0 Å². The molecule has 3 rings (SSSR count). The minimum Gasteiger partial charge on any atom is -0.360 e. The van der Waals surface area contributed by atoms with E-state index >= 15 is 0 Å². The van der Waals surface area contributed by atoms with Gasteiger partial charge in [0.2, 0.25) is 0 Å². The van der Waals surface area contributed by atoms with Gasteiger partial charge in [0.15, 0.2) is 0 Å². The summed E-state index contributed by atoms with van der Waals surface area (Å²) in [6.45, 7) is 4.03. The summed E-state index contributed by atoms with van der Waals surface area (Å²) < 4.78 is 0. The molecule has 5 heteroatoms. The minimum atomic E-state index is 0.213. The van der Waals surface area contributed by atoms with E-state index in [1.165, 1.54) is 5.56 Å². The van der Waals surface area contributed by atoms with Crippen LogP contribution in [0.4, 0.5) is 5.69 Å². The van der Waals surface area contributed by atoms with Crippen LogP contribution in [-0.4, -0.2) is 19.1 Å². The van der Waals surface area contributed by atoms with E-state index in [4.69, 9.17) is 34.8 Å². The Morgan fingerprint density at radius 2 is 1.74 bits per heavy atom. The third-order valence-electron chi connectivity index (χ3n) is 4.35. The summed E-state index contributed by atoms with van der Waals surface area (Å²) in [5, 5.41) is 5.71. The molecule has 2 nitrogen and oxygen atoms in total. The smallest absolute Gasteiger partial charge is 0.0696 e. The van der Waals surface area contributed by atoms with Crippen LogP contribution in [0, 0.1) is 0 Å². The first kappa shape index (κ1) is 16.9. The lowest BCUT2D eigenvalue weighted by atomic mass is 9.93. The Balaban J connectivity index is 2.03. The Kier molecular flexibility index (Phi) is 5.38. The van der Waals surface area contributed by atoms with Gasteiger partial charge in [-0.25, -0.2) is 0 Å². The van der Waals surface area contributed by atoms with Gasteiger partial charge in [0.05, 0.1) is 16.8 Å².